The molecule has 10 nitrogen and oxygen atoms in total. The van der Waals surface area contributed by atoms with Gasteiger partial charge in [0.25, 0.3) is 5.69 Å². The van der Waals surface area contributed by atoms with Gasteiger partial charge in [0.1, 0.15) is 5.82 Å². The lowest BCUT2D eigenvalue weighted by molar-refractivity contribution is -0.384. The number of nitrogens with zero attached hydrogens (tertiary/aromatic N) is 2. The summed E-state index contributed by atoms with van der Waals surface area (Å²) in [5.74, 6) is -3.32. The predicted octanol–water partition coefficient (Wildman–Crippen LogP) is 1.94. The summed E-state index contributed by atoms with van der Waals surface area (Å²) in [4.78, 5) is 41.4. The van der Waals surface area contributed by atoms with Crippen molar-refractivity contribution in [2.75, 3.05) is 0 Å². The molecule has 0 bridgehead atoms. The van der Waals surface area contributed by atoms with E-state index in [0.717, 1.165) is 0 Å². The first-order valence-corrected chi connectivity index (χ1v) is 8.19. The van der Waals surface area contributed by atoms with Gasteiger partial charge in [0, 0.05) is 42.3 Å². The molecule has 0 saturated carbocycles. The van der Waals surface area contributed by atoms with Crippen LogP contribution in [0.1, 0.15) is 24.2 Å². The summed E-state index contributed by atoms with van der Waals surface area (Å²) in [7, 11) is 0. The molecule has 2 heterocycles. The van der Waals surface area contributed by atoms with E-state index in [1.54, 1.807) is 6.20 Å². The minimum atomic E-state index is -1.32. The molecule has 0 saturated heterocycles. The largest absolute Gasteiger partial charge is 0.478 e. The van der Waals surface area contributed by atoms with Crippen molar-refractivity contribution in [1.29, 1.82) is 0 Å². The molecule has 0 fully saturated rings. The van der Waals surface area contributed by atoms with Crippen molar-refractivity contribution in [3.05, 3.63) is 80.7 Å². The van der Waals surface area contributed by atoms with Gasteiger partial charge in [-0.2, -0.15) is 0 Å². The molecule has 2 aromatic rings. The molecule has 10 heteroatoms. The van der Waals surface area contributed by atoms with Crippen molar-refractivity contribution in [3.63, 3.8) is 0 Å². The van der Waals surface area contributed by atoms with Gasteiger partial charge in [-0.05, 0) is 12.5 Å². The zero-order chi connectivity index (χ0) is 20.4. The Morgan fingerprint density at radius 1 is 1.25 bits per heavy atom. The molecular formula is C18H16N4O6. The normalized spacial score (nSPS) is 16.7. The van der Waals surface area contributed by atoms with Crippen molar-refractivity contribution >= 4 is 17.6 Å². The van der Waals surface area contributed by atoms with Crippen LogP contribution < -0.4 is 5.32 Å². The molecule has 0 amide bonds. The zero-order valence-corrected chi connectivity index (χ0v) is 14.7. The maximum absolute atomic E-state index is 12.1. The summed E-state index contributed by atoms with van der Waals surface area (Å²) in [6.07, 6.45) is 3.20. The molecule has 3 rings (SSSR count). The monoisotopic (exact) mass is 384 g/mol. The topological polar surface area (TPSA) is 158 Å². The number of carbonyl (C=O) groups is 2. The Bertz CT molecular complexity index is 1020. The Hall–Kier alpha value is -3.95. The molecule has 0 spiro atoms. The minimum Gasteiger partial charge on any atom is -0.478 e. The average molecular weight is 384 g/mol. The van der Waals surface area contributed by atoms with Crippen LogP contribution in [-0.4, -0.2) is 37.0 Å². The molecule has 1 atom stereocenters. The first kappa shape index (κ1) is 18.8. The number of rotatable bonds is 6. The van der Waals surface area contributed by atoms with Gasteiger partial charge in [-0.25, -0.2) is 14.6 Å². The van der Waals surface area contributed by atoms with Crippen LogP contribution in [0.25, 0.3) is 0 Å². The molecular weight excluding hydrogens is 368 g/mol. The first-order chi connectivity index (χ1) is 13.3. The summed E-state index contributed by atoms with van der Waals surface area (Å²) in [6, 6.07) is 5.33. The lowest BCUT2D eigenvalue weighted by Crippen LogP contribution is -2.32. The average Bonchev–Trinajstić information content (AvgIpc) is 3.13. The number of benzene rings is 1. The molecule has 1 unspecified atom stereocenters. The molecule has 28 heavy (non-hydrogen) atoms. The Kier molecular flexibility index (Phi) is 4.94. The van der Waals surface area contributed by atoms with Gasteiger partial charge in [0.05, 0.1) is 22.0 Å². The Balaban J connectivity index is 2.21. The fraction of sp³-hybridized carbons (Fsp3) is 0.167. The molecule has 1 aliphatic rings. The molecule has 0 radical (unpaired) electrons. The first-order valence-electron chi connectivity index (χ1n) is 8.19. The third-order valence-electron chi connectivity index (χ3n) is 4.42. The highest BCUT2D eigenvalue weighted by atomic mass is 16.6. The van der Waals surface area contributed by atoms with E-state index in [1.165, 1.54) is 37.4 Å². The van der Waals surface area contributed by atoms with E-state index in [1.807, 2.05) is 0 Å². The number of dihydropyridines is 1. The summed E-state index contributed by atoms with van der Waals surface area (Å²) < 4.78 is 0. The Labute approximate surface area is 158 Å². The number of imidazole rings is 1. The van der Waals surface area contributed by atoms with E-state index in [-0.39, 0.29) is 40.2 Å². The second-order valence-corrected chi connectivity index (χ2v) is 6.16. The summed E-state index contributed by atoms with van der Waals surface area (Å²) >= 11 is 0. The van der Waals surface area contributed by atoms with E-state index in [2.05, 4.69) is 15.3 Å². The van der Waals surface area contributed by atoms with E-state index < -0.39 is 22.8 Å². The van der Waals surface area contributed by atoms with Crippen LogP contribution in [0.15, 0.2) is 59.2 Å². The van der Waals surface area contributed by atoms with Gasteiger partial charge in [-0.1, -0.05) is 12.1 Å². The van der Waals surface area contributed by atoms with Crippen molar-refractivity contribution in [1.82, 2.24) is 15.3 Å². The third kappa shape index (κ3) is 3.47. The van der Waals surface area contributed by atoms with Crippen molar-refractivity contribution in [2.24, 2.45) is 0 Å². The van der Waals surface area contributed by atoms with E-state index in [9.17, 15) is 29.9 Å². The van der Waals surface area contributed by atoms with Gasteiger partial charge >= 0.3 is 11.9 Å². The van der Waals surface area contributed by atoms with Gasteiger partial charge in [-0.15, -0.1) is 0 Å². The predicted molar refractivity (Wildman–Crippen MR) is 96.3 cm³/mol. The Morgan fingerprint density at radius 3 is 2.54 bits per heavy atom. The number of carboxylic acids is 2. The van der Waals surface area contributed by atoms with E-state index >= 15 is 0 Å². The number of hydrogen-bond donors (Lipinski definition) is 4. The number of aromatic nitrogens is 2. The quantitative estimate of drug-likeness (QED) is 0.434. The smallest absolute Gasteiger partial charge is 0.334 e. The maximum Gasteiger partial charge on any atom is 0.334 e. The van der Waals surface area contributed by atoms with Gasteiger partial charge in [0.15, 0.2) is 0 Å². The number of non-ortho nitro benzene ring substituents is 1. The maximum atomic E-state index is 12.1. The number of carboxylic acid groups (broad SMARTS) is 2. The highest BCUT2D eigenvalue weighted by Crippen LogP contribution is 2.39. The fourth-order valence-corrected chi connectivity index (χ4v) is 3.29. The lowest BCUT2D eigenvalue weighted by atomic mass is 9.79. The molecule has 0 aliphatic carbocycles. The van der Waals surface area contributed by atoms with E-state index in [4.69, 9.17) is 0 Å². The molecule has 1 aromatic heterocycles. The van der Waals surface area contributed by atoms with Crippen LogP contribution in [0.2, 0.25) is 0 Å². The van der Waals surface area contributed by atoms with Crippen LogP contribution in [0.3, 0.4) is 0 Å². The number of H-pyrrole nitrogens is 1. The number of hydrogen-bond acceptors (Lipinski definition) is 6. The number of aliphatic carboxylic acids is 2. The Morgan fingerprint density at radius 2 is 1.96 bits per heavy atom. The summed E-state index contributed by atoms with van der Waals surface area (Å²) in [5, 5.41) is 33.5. The number of nitrogens with one attached hydrogen (secondary N) is 2. The van der Waals surface area contributed by atoms with Crippen LogP contribution in [-0.2, 0) is 16.0 Å². The minimum absolute atomic E-state index is 0.101. The number of nitro groups is 1. The summed E-state index contributed by atoms with van der Waals surface area (Å²) in [6.45, 7) is 1.52. The summed E-state index contributed by atoms with van der Waals surface area (Å²) in [5.41, 5.74) is 0.107. The fourth-order valence-electron chi connectivity index (χ4n) is 3.29. The second-order valence-electron chi connectivity index (χ2n) is 6.16. The van der Waals surface area contributed by atoms with Crippen LogP contribution in [0.5, 0.6) is 0 Å². The number of nitro benzene ring substituents is 1. The van der Waals surface area contributed by atoms with E-state index in [0.29, 0.717) is 5.82 Å². The van der Waals surface area contributed by atoms with Crippen molar-refractivity contribution in [2.45, 2.75) is 19.3 Å². The highest BCUT2D eigenvalue weighted by molar-refractivity contribution is 5.98. The van der Waals surface area contributed by atoms with Gasteiger partial charge in [0.2, 0.25) is 0 Å². The van der Waals surface area contributed by atoms with Gasteiger partial charge in [-0.3, -0.25) is 10.1 Å². The third-order valence-corrected chi connectivity index (χ3v) is 4.42. The highest BCUT2D eigenvalue weighted by Gasteiger charge is 2.38. The molecule has 1 aromatic carbocycles. The van der Waals surface area contributed by atoms with Crippen LogP contribution in [0, 0.1) is 10.1 Å². The van der Waals surface area contributed by atoms with Gasteiger partial charge < -0.3 is 20.5 Å². The standard InChI is InChI=1S/C18H16N4O6/c1-9-14(17(23)24)15(10-3-2-4-11(7-10)22(27)28)16(18(25)26)12(21-9)8-13-19-5-6-20-13/h2-7,15,21H,8H2,1H3,(H,19,20)(H,23,24)(H,25,26). The molecule has 4 N–H and O–H groups in total. The SMILES string of the molecule is CC1=C(C(=O)O)C(c2cccc([N+](=O)[O-])c2)C(C(=O)O)=C(Cc2ncc[nH]2)N1. The molecule has 1 aliphatic heterocycles. The lowest BCUT2D eigenvalue weighted by Gasteiger charge is -2.29. The second kappa shape index (κ2) is 7.35. The van der Waals surface area contributed by atoms with Crippen LogP contribution >= 0.6 is 0 Å². The number of allylic oxidation sites excluding steroid dienone is 2. The zero-order valence-electron chi connectivity index (χ0n) is 14.7. The number of aromatic amines is 1. The molecule has 144 valence electrons. The van der Waals surface area contributed by atoms with Crippen molar-refractivity contribution < 1.29 is 24.7 Å². The van der Waals surface area contributed by atoms with Crippen LogP contribution in [0.4, 0.5) is 5.69 Å². The van der Waals surface area contributed by atoms with Crippen molar-refractivity contribution in [3.8, 4) is 0 Å².